The maximum Gasteiger partial charge on any atom is 0.416 e. The summed E-state index contributed by atoms with van der Waals surface area (Å²) in [5.74, 6) is -0.641. The minimum Gasteiger partial charge on any atom is -0.328 e. The van der Waals surface area contributed by atoms with Gasteiger partial charge in [0.2, 0.25) is 10.0 Å². The lowest BCUT2D eigenvalue weighted by Gasteiger charge is -2.29. The first-order chi connectivity index (χ1) is 9.70. The highest BCUT2D eigenvalue weighted by Gasteiger charge is 2.35. The Labute approximate surface area is 121 Å². The second kappa shape index (κ2) is 5.94. The lowest BCUT2D eigenvalue weighted by molar-refractivity contribution is -0.138. The molecule has 118 valence electrons. The van der Waals surface area contributed by atoms with Crippen LogP contribution in [-0.4, -0.2) is 31.9 Å². The maximum atomic E-state index is 12.9. The molecule has 0 amide bonds. The van der Waals surface area contributed by atoms with Crippen LogP contribution in [0.3, 0.4) is 0 Å². The number of halogens is 3. The quantitative estimate of drug-likeness (QED) is 0.925. The van der Waals surface area contributed by atoms with Crippen LogP contribution in [0.2, 0.25) is 0 Å². The predicted molar refractivity (Wildman–Crippen MR) is 72.9 cm³/mol. The van der Waals surface area contributed by atoms with E-state index in [1.807, 2.05) is 0 Å². The fourth-order valence-electron chi connectivity index (χ4n) is 2.36. The van der Waals surface area contributed by atoms with Crippen LogP contribution in [-0.2, 0) is 22.0 Å². The first-order valence-corrected chi connectivity index (χ1v) is 8.19. The molecular formula is C13H17F3N2O2S. The van der Waals surface area contributed by atoms with E-state index in [1.165, 1.54) is 22.5 Å². The molecule has 0 spiro atoms. The van der Waals surface area contributed by atoms with Gasteiger partial charge in [0.05, 0.1) is 11.3 Å². The van der Waals surface area contributed by atoms with Crippen molar-refractivity contribution in [1.82, 2.24) is 4.31 Å². The lowest BCUT2D eigenvalue weighted by atomic mass is 10.1. The molecule has 1 heterocycles. The molecule has 0 atom stereocenters. The zero-order valence-electron chi connectivity index (χ0n) is 11.3. The van der Waals surface area contributed by atoms with Gasteiger partial charge in [-0.2, -0.15) is 13.2 Å². The largest absolute Gasteiger partial charge is 0.416 e. The number of rotatable bonds is 3. The summed E-state index contributed by atoms with van der Waals surface area (Å²) in [6, 6.07) is 4.72. The molecule has 1 saturated heterocycles. The van der Waals surface area contributed by atoms with Gasteiger partial charge in [0, 0.05) is 19.1 Å². The minimum absolute atomic E-state index is 0.0427. The van der Waals surface area contributed by atoms with Crippen molar-refractivity contribution in [2.24, 2.45) is 5.73 Å². The smallest absolute Gasteiger partial charge is 0.328 e. The maximum absolute atomic E-state index is 12.9. The van der Waals surface area contributed by atoms with Crippen molar-refractivity contribution in [3.05, 3.63) is 35.4 Å². The van der Waals surface area contributed by atoms with Gasteiger partial charge in [-0.25, -0.2) is 12.7 Å². The molecule has 0 saturated carbocycles. The number of alkyl halides is 3. The lowest BCUT2D eigenvalue weighted by Crippen LogP contribution is -2.43. The molecule has 1 aliphatic heterocycles. The number of sulfonamides is 1. The van der Waals surface area contributed by atoms with Crippen LogP contribution in [0.15, 0.2) is 24.3 Å². The Morgan fingerprint density at radius 3 is 2.33 bits per heavy atom. The van der Waals surface area contributed by atoms with E-state index in [0.717, 1.165) is 6.07 Å². The van der Waals surface area contributed by atoms with E-state index >= 15 is 0 Å². The van der Waals surface area contributed by atoms with Crippen LogP contribution in [0.1, 0.15) is 24.0 Å². The van der Waals surface area contributed by atoms with Crippen molar-refractivity contribution in [3.8, 4) is 0 Å². The monoisotopic (exact) mass is 322 g/mol. The second-order valence-corrected chi connectivity index (χ2v) is 7.12. The van der Waals surface area contributed by atoms with E-state index in [2.05, 4.69) is 0 Å². The number of benzene rings is 1. The van der Waals surface area contributed by atoms with E-state index < -0.39 is 27.5 Å². The Morgan fingerprint density at radius 1 is 1.19 bits per heavy atom. The molecule has 1 fully saturated rings. The minimum atomic E-state index is -4.56. The second-order valence-electron chi connectivity index (χ2n) is 5.15. The summed E-state index contributed by atoms with van der Waals surface area (Å²) in [4.78, 5) is 0. The number of hydrogen-bond donors (Lipinski definition) is 1. The average Bonchev–Trinajstić information content (AvgIpc) is 2.38. The molecule has 2 rings (SSSR count). The highest BCUT2D eigenvalue weighted by atomic mass is 32.2. The highest BCUT2D eigenvalue weighted by Crippen LogP contribution is 2.33. The fourth-order valence-corrected chi connectivity index (χ4v) is 3.96. The molecule has 0 unspecified atom stereocenters. The Bertz CT molecular complexity index is 594. The van der Waals surface area contributed by atoms with Gasteiger partial charge < -0.3 is 5.73 Å². The van der Waals surface area contributed by atoms with Gasteiger partial charge in [-0.3, -0.25) is 0 Å². The van der Waals surface area contributed by atoms with Gasteiger partial charge in [-0.05, 0) is 24.5 Å². The molecule has 2 N–H and O–H groups in total. The fraction of sp³-hybridized carbons (Fsp3) is 0.538. The number of nitrogens with zero attached hydrogens (tertiary/aromatic N) is 1. The average molecular weight is 322 g/mol. The molecule has 1 aromatic rings. The number of hydrogen-bond acceptors (Lipinski definition) is 3. The number of nitrogens with two attached hydrogens (primary N) is 1. The summed E-state index contributed by atoms with van der Waals surface area (Å²) >= 11 is 0. The van der Waals surface area contributed by atoms with Gasteiger partial charge in [-0.15, -0.1) is 0 Å². The summed E-state index contributed by atoms with van der Waals surface area (Å²) in [5, 5.41) is 0. The third kappa shape index (κ3) is 3.96. The first-order valence-electron chi connectivity index (χ1n) is 6.58. The highest BCUT2D eigenvalue weighted by molar-refractivity contribution is 7.88. The molecule has 21 heavy (non-hydrogen) atoms. The molecule has 4 nitrogen and oxygen atoms in total. The van der Waals surface area contributed by atoms with Crippen LogP contribution in [0.5, 0.6) is 0 Å². The molecule has 1 aliphatic rings. The van der Waals surface area contributed by atoms with Crippen molar-refractivity contribution in [2.75, 3.05) is 13.1 Å². The van der Waals surface area contributed by atoms with E-state index in [0.29, 0.717) is 12.8 Å². The summed E-state index contributed by atoms with van der Waals surface area (Å²) < 4.78 is 64.4. The summed E-state index contributed by atoms with van der Waals surface area (Å²) in [6.07, 6.45) is -3.50. The Hall–Kier alpha value is -1.12. The van der Waals surface area contributed by atoms with E-state index in [1.54, 1.807) is 0 Å². The standard InChI is InChI=1S/C13H17F3N2O2S/c14-13(15,16)12-4-2-1-3-10(12)9-21(19,20)18-7-5-11(17)6-8-18/h1-4,11H,5-9,17H2. The van der Waals surface area contributed by atoms with E-state index in [4.69, 9.17) is 5.73 Å². The van der Waals surface area contributed by atoms with E-state index in [9.17, 15) is 21.6 Å². The van der Waals surface area contributed by atoms with Gasteiger partial charge >= 0.3 is 6.18 Å². The molecule has 0 aliphatic carbocycles. The van der Waals surface area contributed by atoms with Crippen LogP contribution in [0.25, 0.3) is 0 Å². The SMILES string of the molecule is NC1CCN(S(=O)(=O)Cc2ccccc2C(F)(F)F)CC1. The van der Waals surface area contributed by atoms with Crippen molar-refractivity contribution in [3.63, 3.8) is 0 Å². The molecular weight excluding hydrogens is 305 g/mol. The van der Waals surface area contributed by atoms with Gasteiger partial charge in [0.15, 0.2) is 0 Å². The molecule has 0 radical (unpaired) electrons. The molecule has 1 aromatic carbocycles. The van der Waals surface area contributed by atoms with Crippen molar-refractivity contribution >= 4 is 10.0 Å². The summed E-state index contributed by atoms with van der Waals surface area (Å²) in [6.45, 7) is 0.523. The summed E-state index contributed by atoms with van der Waals surface area (Å²) in [5.41, 5.74) is 4.58. The van der Waals surface area contributed by atoms with Crippen LogP contribution in [0, 0.1) is 0 Å². The van der Waals surface area contributed by atoms with Crippen molar-refractivity contribution in [2.45, 2.75) is 30.8 Å². The third-order valence-electron chi connectivity index (χ3n) is 3.55. The predicted octanol–water partition coefficient (Wildman–Crippen LogP) is 1.96. The van der Waals surface area contributed by atoms with Gasteiger partial charge in [0.25, 0.3) is 0 Å². The molecule has 8 heteroatoms. The third-order valence-corrected chi connectivity index (χ3v) is 5.38. The molecule has 0 bridgehead atoms. The summed E-state index contributed by atoms with van der Waals surface area (Å²) in [7, 11) is -3.76. The Balaban J connectivity index is 2.22. The first kappa shape index (κ1) is 16.3. The zero-order chi connectivity index (χ0) is 15.7. The van der Waals surface area contributed by atoms with Gasteiger partial charge in [-0.1, -0.05) is 18.2 Å². The van der Waals surface area contributed by atoms with E-state index in [-0.39, 0.29) is 24.7 Å². The Morgan fingerprint density at radius 2 is 1.76 bits per heavy atom. The zero-order valence-corrected chi connectivity index (χ0v) is 12.1. The number of piperidine rings is 1. The van der Waals surface area contributed by atoms with Crippen LogP contribution in [0.4, 0.5) is 13.2 Å². The van der Waals surface area contributed by atoms with Crippen LogP contribution < -0.4 is 5.73 Å². The topological polar surface area (TPSA) is 63.4 Å². The molecule has 0 aromatic heterocycles. The van der Waals surface area contributed by atoms with Gasteiger partial charge in [0.1, 0.15) is 0 Å². The normalized spacial score (nSPS) is 18.9. The van der Waals surface area contributed by atoms with Crippen molar-refractivity contribution < 1.29 is 21.6 Å². The van der Waals surface area contributed by atoms with Crippen molar-refractivity contribution in [1.29, 1.82) is 0 Å². The Kier molecular flexibility index (Phi) is 4.60. The van der Waals surface area contributed by atoms with Crippen LogP contribution >= 0.6 is 0 Å².